The summed E-state index contributed by atoms with van der Waals surface area (Å²) in [7, 11) is -2.11. The summed E-state index contributed by atoms with van der Waals surface area (Å²) in [5.74, 6) is 0.596. The van der Waals surface area contributed by atoms with Gasteiger partial charge in [-0.05, 0) is 58.4 Å². The maximum atomic E-state index is 12.2. The van der Waals surface area contributed by atoms with Gasteiger partial charge in [-0.15, -0.1) is 0 Å². The van der Waals surface area contributed by atoms with Gasteiger partial charge < -0.3 is 10.5 Å². The second kappa shape index (κ2) is 5.72. The number of benzene rings is 2. The summed E-state index contributed by atoms with van der Waals surface area (Å²) in [6, 6.07) is 11.0. The molecule has 0 spiro atoms. The van der Waals surface area contributed by atoms with Gasteiger partial charge in [0.15, 0.2) is 0 Å². The van der Waals surface area contributed by atoms with Crippen LogP contribution in [0.15, 0.2) is 51.8 Å². The zero-order valence-corrected chi connectivity index (χ0v) is 13.0. The second-order valence-corrected chi connectivity index (χ2v) is 6.55. The van der Waals surface area contributed by atoms with Crippen LogP contribution in [-0.2, 0) is 10.0 Å². The fourth-order valence-corrected chi connectivity index (χ4v) is 2.99. The summed E-state index contributed by atoms with van der Waals surface area (Å²) in [5, 5.41) is 0. The van der Waals surface area contributed by atoms with Crippen LogP contribution in [0.5, 0.6) is 5.75 Å². The maximum absolute atomic E-state index is 12.2. The van der Waals surface area contributed by atoms with Gasteiger partial charge in [0.05, 0.1) is 17.7 Å². The Bertz CT molecular complexity index is 715. The van der Waals surface area contributed by atoms with Crippen LogP contribution in [0.2, 0.25) is 0 Å². The summed E-state index contributed by atoms with van der Waals surface area (Å²) in [6.45, 7) is 0. The third-order valence-corrected chi connectivity index (χ3v) is 4.71. The Morgan fingerprint density at radius 3 is 2.35 bits per heavy atom. The Balaban J connectivity index is 2.27. The first-order valence-corrected chi connectivity index (χ1v) is 7.92. The first kappa shape index (κ1) is 14.7. The standard InChI is InChI=1S/C13H13BrN2O3S/c1-19-10-3-5-11(6-4-10)20(17,18)16-9-2-7-13(15)12(14)8-9/h2-8,16H,15H2,1H3. The quantitative estimate of drug-likeness (QED) is 0.825. The molecular formula is C13H13BrN2O3S. The molecule has 0 bridgehead atoms. The molecule has 5 nitrogen and oxygen atoms in total. The minimum atomic E-state index is -3.64. The number of hydrogen-bond donors (Lipinski definition) is 2. The van der Waals surface area contributed by atoms with E-state index in [1.54, 1.807) is 30.3 Å². The maximum Gasteiger partial charge on any atom is 0.261 e. The molecule has 7 heteroatoms. The third kappa shape index (κ3) is 3.23. The van der Waals surface area contributed by atoms with Gasteiger partial charge in [0, 0.05) is 10.2 Å². The van der Waals surface area contributed by atoms with Gasteiger partial charge in [-0.25, -0.2) is 8.42 Å². The van der Waals surface area contributed by atoms with Crippen LogP contribution in [0.25, 0.3) is 0 Å². The third-order valence-electron chi connectivity index (χ3n) is 2.62. The zero-order valence-electron chi connectivity index (χ0n) is 10.6. The van der Waals surface area contributed by atoms with Gasteiger partial charge in [0.1, 0.15) is 5.75 Å². The largest absolute Gasteiger partial charge is 0.497 e. The van der Waals surface area contributed by atoms with E-state index < -0.39 is 10.0 Å². The zero-order chi connectivity index (χ0) is 14.8. The van der Waals surface area contributed by atoms with Crippen LogP contribution < -0.4 is 15.2 Å². The molecule has 0 fully saturated rings. The molecule has 0 unspecified atom stereocenters. The summed E-state index contributed by atoms with van der Waals surface area (Å²) in [4.78, 5) is 0.159. The molecule has 0 aliphatic heterocycles. The molecule has 20 heavy (non-hydrogen) atoms. The highest BCUT2D eigenvalue weighted by molar-refractivity contribution is 9.10. The van der Waals surface area contributed by atoms with E-state index in [1.165, 1.54) is 19.2 Å². The van der Waals surface area contributed by atoms with E-state index in [0.29, 0.717) is 21.6 Å². The van der Waals surface area contributed by atoms with Crippen molar-refractivity contribution in [3.63, 3.8) is 0 Å². The van der Waals surface area contributed by atoms with E-state index in [4.69, 9.17) is 10.5 Å². The fourth-order valence-electron chi connectivity index (χ4n) is 1.56. The van der Waals surface area contributed by atoms with E-state index in [1.807, 2.05) is 0 Å². The van der Waals surface area contributed by atoms with Crippen LogP contribution in [-0.4, -0.2) is 15.5 Å². The molecule has 0 aliphatic carbocycles. The fraction of sp³-hybridized carbons (Fsp3) is 0.0769. The number of nitrogens with one attached hydrogen (secondary N) is 1. The second-order valence-electron chi connectivity index (χ2n) is 4.02. The van der Waals surface area contributed by atoms with Gasteiger partial charge in [-0.1, -0.05) is 0 Å². The Labute approximate surface area is 125 Å². The summed E-state index contributed by atoms with van der Waals surface area (Å²) in [5.41, 5.74) is 6.63. The van der Waals surface area contributed by atoms with E-state index in [-0.39, 0.29) is 4.90 Å². The molecule has 2 aromatic carbocycles. The highest BCUT2D eigenvalue weighted by Crippen LogP contribution is 2.25. The van der Waals surface area contributed by atoms with Crippen molar-refractivity contribution in [1.82, 2.24) is 0 Å². The number of nitrogens with two attached hydrogens (primary N) is 1. The lowest BCUT2D eigenvalue weighted by Gasteiger charge is -2.09. The van der Waals surface area contributed by atoms with Crippen molar-refractivity contribution >= 4 is 37.3 Å². The lowest BCUT2D eigenvalue weighted by atomic mass is 10.3. The van der Waals surface area contributed by atoms with Crippen molar-refractivity contribution < 1.29 is 13.2 Å². The summed E-state index contributed by atoms with van der Waals surface area (Å²) < 4.78 is 32.5. The van der Waals surface area contributed by atoms with Crippen molar-refractivity contribution in [3.05, 3.63) is 46.9 Å². The number of nitrogen functional groups attached to an aromatic ring is 1. The van der Waals surface area contributed by atoms with Crippen molar-refractivity contribution in [2.75, 3.05) is 17.6 Å². The monoisotopic (exact) mass is 356 g/mol. The predicted octanol–water partition coefficient (Wildman–Crippen LogP) is 2.84. The van der Waals surface area contributed by atoms with Crippen LogP contribution in [0.3, 0.4) is 0 Å². The topological polar surface area (TPSA) is 81.4 Å². The molecule has 106 valence electrons. The van der Waals surface area contributed by atoms with E-state index in [9.17, 15) is 8.42 Å². The van der Waals surface area contributed by atoms with Crippen LogP contribution in [0.4, 0.5) is 11.4 Å². The SMILES string of the molecule is COc1ccc(S(=O)(=O)Nc2ccc(N)c(Br)c2)cc1. The van der Waals surface area contributed by atoms with Crippen LogP contribution >= 0.6 is 15.9 Å². The number of sulfonamides is 1. The van der Waals surface area contributed by atoms with Gasteiger partial charge in [-0.3, -0.25) is 4.72 Å². The number of ether oxygens (including phenoxy) is 1. The van der Waals surface area contributed by atoms with Crippen molar-refractivity contribution in [3.8, 4) is 5.75 Å². The molecule has 0 aliphatic rings. The smallest absolute Gasteiger partial charge is 0.261 e. The number of methoxy groups -OCH3 is 1. The van der Waals surface area contributed by atoms with Crippen LogP contribution in [0.1, 0.15) is 0 Å². The number of rotatable bonds is 4. The molecular weight excluding hydrogens is 344 g/mol. The highest BCUT2D eigenvalue weighted by atomic mass is 79.9. The van der Waals surface area contributed by atoms with Gasteiger partial charge >= 0.3 is 0 Å². The Kier molecular flexibility index (Phi) is 4.20. The van der Waals surface area contributed by atoms with Gasteiger partial charge in [-0.2, -0.15) is 0 Å². The average Bonchev–Trinajstić information content (AvgIpc) is 2.43. The first-order valence-electron chi connectivity index (χ1n) is 5.64. The number of anilines is 2. The molecule has 0 saturated heterocycles. The minimum absolute atomic E-state index is 0.159. The Morgan fingerprint density at radius 2 is 1.80 bits per heavy atom. The summed E-state index contributed by atoms with van der Waals surface area (Å²) >= 11 is 3.25. The van der Waals surface area contributed by atoms with Crippen molar-refractivity contribution in [2.45, 2.75) is 4.90 Å². The van der Waals surface area contributed by atoms with Gasteiger partial charge in [0.2, 0.25) is 0 Å². The minimum Gasteiger partial charge on any atom is -0.497 e. The normalized spacial score (nSPS) is 11.1. The molecule has 2 rings (SSSR count). The number of halogens is 1. The van der Waals surface area contributed by atoms with Crippen molar-refractivity contribution in [2.24, 2.45) is 0 Å². The molecule has 0 radical (unpaired) electrons. The molecule has 0 amide bonds. The molecule has 0 atom stereocenters. The Hall–Kier alpha value is -1.73. The Morgan fingerprint density at radius 1 is 1.15 bits per heavy atom. The lowest BCUT2D eigenvalue weighted by Crippen LogP contribution is -2.12. The molecule has 0 heterocycles. The lowest BCUT2D eigenvalue weighted by molar-refractivity contribution is 0.414. The van der Waals surface area contributed by atoms with Crippen LogP contribution in [0, 0.1) is 0 Å². The van der Waals surface area contributed by atoms with Gasteiger partial charge in [0.25, 0.3) is 10.0 Å². The first-order chi connectivity index (χ1) is 9.42. The van der Waals surface area contributed by atoms with E-state index in [2.05, 4.69) is 20.7 Å². The molecule has 3 N–H and O–H groups in total. The van der Waals surface area contributed by atoms with E-state index >= 15 is 0 Å². The highest BCUT2D eigenvalue weighted by Gasteiger charge is 2.14. The molecule has 0 saturated carbocycles. The predicted molar refractivity (Wildman–Crippen MR) is 82.4 cm³/mol. The summed E-state index contributed by atoms with van der Waals surface area (Å²) in [6.07, 6.45) is 0. The molecule has 2 aromatic rings. The van der Waals surface area contributed by atoms with Crippen molar-refractivity contribution in [1.29, 1.82) is 0 Å². The number of hydrogen-bond acceptors (Lipinski definition) is 4. The molecule has 0 aromatic heterocycles. The average molecular weight is 357 g/mol. The van der Waals surface area contributed by atoms with E-state index in [0.717, 1.165) is 0 Å².